The van der Waals surface area contributed by atoms with E-state index in [1.165, 1.54) is 0 Å². The predicted molar refractivity (Wildman–Crippen MR) is 68.7 cm³/mol. The third-order valence-electron chi connectivity index (χ3n) is 3.30. The molecule has 0 spiro atoms. The molecule has 0 aromatic carbocycles. The van der Waals surface area contributed by atoms with E-state index in [4.69, 9.17) is 5.11 Å². The number of rotatable bonds is 4. The minimum atomic E-state index is -0.733. The van der Waals surface area contributed by atoms with Crippen LogP contribution in [-0.2, 0) is 4.79 Å². The Labute approximate surface area is 107 Å². The molecule has 1 N–H and O–H groups in total. The highest BCUT2D eigenvalue weighted by Crippen LogP contribution is 2.25. The number of anilines is 1. The lowest BCUT2D eigenvalue weighted by Gasteiger charge is -2.24. The van der Waals surface area contributed by atoms with Gasteiger partial charge in [0.1, 0.15) is 0 Å². The van der Waals surface area contributed by atoms with E-state index in [9.17, 15) is 4.79 Å². The largest absolute Gasteiger partial charge is 0.481 e. The topological polar surface area (TPSA) is 66.3 Å². The van der Waals surface area contributed by atoms with Gasteiger partial charge < -0.3 is 10.0 Å². The average Bonchev–Trinajstić information content (AvgIpc) is 2.72. The summed E-state index contributed by atoms with van der Waals surface area (Å²) in [6, 6.07) is 2.22. The average molecular weight is 249 g/mol. The van der Waals surface area contributed by atoms with Gasteiger partial charge in [-0.25, -0.2) is 9.97 Å². The van der Waals surface area contributed by atoms with Crippen LogP contribution in [0.3, 0.4) is 0 Å². The fraction of sp³-hybridized carbons (Fsp3) is 0.615. The Bertz CT molecular complexity index is 428. The Morgan fingerprint density at radius 1 is 1.44 bits per heavy atom. The first-order valence-electron chi connectivity index (χ1n) is 6.37. The zero-order valence-electron chi connectivity index (χ0n) is 10.9. The standard InChI is InChI=1S/C13H19N3O2/c1-9-8-10(2)15-13(14-9)16-7-3-4-11(16)5-6-12(17)18/h8,11H,3-7H2,1-2H3,(H,17,18). The van der Waals surface area contributed by atoms with Gasteiger partial charge in [0.15, 0.2) is 0 Å². The lowest BCUT2D eigenvalue weighted by molar-refractivity contribution is -0.137. The van der Waals surface area contributed by atoms with Gasteiger partial charge in [0.2, 0.25) is 5.95 Å². The zero-order chi connectivity index (χ0) is 13.1. The molecular weight excluding hydrogens is 230 g/mol. The summed E-state index contributed by atoms with van der Waals surface area (Å²) >= 11 is 0. The molecule has 18 heavy (non-hydrogen) atoms. The number of nitrogens with zero attached hydrogens (tertiary/aromatic N) is 3. The van der Waals surface area contributed by atoms with E-state index in [2.05, 4.69) is 14.9 Å². The van der Waals surface area contributed by atoms with Gasteiger partial charge in [-0.05, 0) is 39.2 Å². The van der Waals surface area contributed by atoms with Gasteiger partial charge in [0.25, 0.3) is 0 Å². The summed E-state index contributed by atoms with van der Waals surface area (Å²) in [4.78, 5) is 21.7. The van der Waals surface area contributed by atoms with Gasteiger partial charge in [0, 0.05) is 30.4 Å². The van der Waals surface area contributed by atoms with Crippen LogP contribution >= 0.6 is 0 Å². The third-order valence-corrected chi connectivity index (χ3v) is 3.30. The van der Waals surface area contributed by atoms with Gasteiger partial charge in [-0.2, -0.15) is 0 Å². The van der Waals surface area contributed by atoms with Crippen molar-refractivity contribution in [1.29, 1.82) is 0 Å². The summed E-state index contributed by atoms with van der Waals surface area (Å²) in [5, 5.41) is 8.77. The van der Waals surface area contributed by atoms with Crippen molar-refractivity contribution in [2.75, 3.05) is 11.4 Å². The molecule has 2 heterocycles. The number of carboxylic acids is 1. The maximum Gasteiger partial charge on any atom is 0.303 e. The zero-order valence-corrected chi connectivity index (χ0v) is 10.9. The molecule has 5 nitrogen and oxygen atoms in total. The second kappa shape index (κ2) is 5.33. The van der Waals surface area contributed by atoms with E-state index in [-0.39, 0.29) is 12.5 Å². The Morgan fingerprint density at radius 2 is 2.11 bits per heavy atom. The smallest absolute Gasteiger partial charge is 0.303 e. The molecular formula is C13H19N3O2. The van der Waals surface area contributed by atoms with Gasteiger partial charge in [0.05, 0.1) is 0 Å². The van der Waals surface area contributed by atoms with Crippen LogP contribution in [0.1, 0.15) is 37.1 Å². The van der Waals surface area contributed by atoms with Crippen molar-refractivity contribution in [2.45, 2.75) is 45.6 Å². The minimum absolute atomic E-state index is 0.214. The molecule has 1 unspecified atom stereocenters. The van der Waals surface area contributed by atoms with Crippen LogP contribution in [0.2, 0.25) is 0 Å². The molecule has 1 saturated heterocycles. The number of aliphatic carboxylic acids is 1. The van der Waals surface area contributed by atoms with E-state index < -0.39 is 5.97 Å². The molecule has 5 heteroatoms. The quantitative estimate of drug-likeness (QED) is 0.883. The molecule has 2 rings (SSSR count). The van der Waals surface area contributed by atoms with Crippen LogP contribution < -0.4 is 4.90 Å². The summed E-state index contributed by atoms with van der Waals surface area (Å²) < 4.78 is 0. The molecule has 1 aromatic heterocycles. The Morgan fingerprint density at radius 3 is 2.72 bits per heavy atom. The van der Waals surface area contributed by atoms with Crippen LogP contribution in [0.15, 0.2) is 6.07 Å². The monoisotopic (exact) mass is 249 g/mol. The van der Waals surface area contributed by atoms with Crippen molar-refractivity contribution >= 4 is 11.9 Å². The summed E-state index contributed by atoms with van der Waals surface area (Å²) in [6.07, 6.45) is 3.00. The lowest BCUT2D eigenvalue weighted by atomic mass is 10.1. The van der Waals surface area contributed by atoms with Gasteiger partial charge in [-0.1, -0.05) is 0 Å². The van der Waals surface area contributed by atoms with Crippen LogP contribution in [0.5, 0.6) is 0 Å². The number of carboxylic acid groups (broad SMARTS) is 1. The third kappa shape index (κ3) is 2.97. The normalized spacial score (nSPS) is 19.2. The second-order valence-electron chi connectivity index (χ2n) is 4.87. The van der Waals surface area contributed by atoms with Gasteiger partial charge in [-0.3, -0.25) is 4.79 Å². The van der Waals surface area contributed by atoms with Crippen molar-refractivity contribution in [2.24, 2.45) is 0 Å². The first kappa shape index (κ1) is 12.8. The number of hydrogen-bond acceptors (Lipinski definition) is 4. The fourth-order valence-electron chi connectivity index (χ4n) is 2.52. The molecule has 1 aliphatic heterocycles. The fourth-order valence-corrected chi connectivity index (χ4v) is 2.52. The van der Waals surface area contributed by atoms with E-state index in [0.717, 1.165) is 36.7 Å². The second-order valence-corrected chi connectivity index (χ2v) is 4.87. The maximum absolute atomic E-state index is 10.7. The van der Waals surface area contributed by atoms with E-state index in [0.29, 0.717) is 6.42 Å². The van der Waals surface area contributed by atoms with Crippen molar-refractivity contribution < 1.29 is 9.90 Å². The highest BCUT2D eigenvalue weighted by atomic mass is 16.4. The van der Waals surface area contributed by atoms with E-state index >= 15 is 0 Å². The van der Waals surface area contributed by atoms with Gasteiger partial charge >= 0.3 is 5.97 Å². The molecule has 0 bridgehead atoms. The van der Waals surface area contributed by atoms with Crippen molar-refractivity contribution in [3.63, 3.8) is 0 Å². The van der Waals surface area contributed by atoms with Crippen LogP contribution in [0.4, 0.5) is 5.95 Å². The SMILES string of the molecule is Cc1cc(C)nc(N2CCCC2CCC(=O)O)n1. The molecule has 0 radical (unpaired) electrons. The van der Waals surface area contributed by atoms with E-state index in [1.807, 2.05) is 19.9 Å². The maximum atomic E-state index is 10.7. The van der Waals surface area contributed by atoms with E-state index in [1.54, 1.807) is 0 Å². The van der Waals surface area contributed by atoms with Crippen LogP contribution in [0, 0.1) is 13.8 Å². The van der Waals surface area contributed by atoms with Crippen molar-refractivity contribution in [1.82, 2.24) is 9.97 Å². The number of carbonyl (C=O) groups is 1. The summed E-state index contributed by atoms with van der Waals surface area (Å²) in [6.45, 7) is 4.84. The molecule has 1 atom stereocenters. The molecule has 0 aliphatic carbocycles. The summed E-state index contributed by atoms with van der Waals surface area (Å²) in [5.74, 6) is 0.0172. The molecule has 1 aromatic rings. The highest BCUT2D eigenvalue weighted by molar-refractivity contribution is 5.66. The van der Waals surface area contributed by atoms with Crippen LogP contribution in [0.25, 0.3) is 0 Å². The first-order chi connectivity index (χ1) is 8.56. The predicted octanol–water partition coefficient (Wildman–Crippen LogP) is 1.93. The Balaban J connectivity index is 2.12. The Kier molecular flexibility index (Phi) is 3.79. The number of aryl methyl sites for hydroxylation is 2. The lowest BCUT2D eigenvalue weighted by Crippen LogP contribution is -2.31. The molecule has 0 amide bonds. The number of aromatic nitrogens is 2. The molecule has 1 aliphatic rings. The first-order valence-corrected chi connectivity index (χ1v) is 6.37. The van der Waals surface area contributed by atoms with Crippen molar-refractivity contribution in [3.05, 3.63) is 17.5 Å². The minimum Gasteiger partial charge on any atom is -0.481 e. The van der Waals surface area contributed by atoms with Crippen molar-refractivity contribution in [3.8, 4) is 0 Å². The number of hydrogen-bond donors (Lipinski definition) is 1. The molecule has 0 saturated carbocycles. The van der Waals surface area contributed by atoms with Crippen LogP contribution in [-0.4, -0.2) is 33.6 Å². The highest BCUT2D eigenvalue weighted by Gasteiger charge is 2.27. The Hall–Kier alpha value is -1.65. The summed E-state index contributed by atoms with van der Waals surface area (Å²) in [5.41, 5.74) is 1.92. The molecule has 1 fully saturated rings. The van der Waals surface area contributed by atoms with Gasteiger partial charge in [-0.15, -0.1) is 0 Å². The summed E-state index contributed by atoms with van der Waals surface area (Å²) in [7, 11) is 0. The molecule has 98 valence electrons.